The van der Waals surface area contributed by atoms with Gasteiger partial charge in [-0.3, -0.25) is 0 Å². The van der Waals surface area contributed by atoms with Gasteiger partial charge < -0.3 is 27.5 Å². The monoisotopic (exact) mass is 447 g/mol. The molecule has 0 bridgehead atoms. The molecule has 7 heteroatoms. The molecule has 0 fully saturated rings. The molecule has 0 saturated carbocycles. The van der Waals surface area contributed by atoms with Crippen molar-refractivity contribution in [3.63, 3.8) is 0 Å². The lowest BCUT2D eigenvalue weighted by Gasteiger charge is -2.28. The average Bonchev–Trinajstić information content (AvgIpc) is 2.79. The molecule has 0 amide bonds. The van der Waals surface area contributed by atoms with Gasteiger partial charge in [0.25, 0.3) is 6.29 Å². The molecular formula is C24H35O6Si. The minimum absolute atomic E-state index is 0.487. The lowest BCUT2D eigenvalue weighted by atomic mass is 9.99. The van der Waals surface area contributed by atoms with Crippen LogP contribution in [0.2, 0.25) is 6.04 Å². The zero-order valence-corrected chi connectivity index (χ0v) is 20.3. The van der Waals surface area contributed by atoms with Crippen LogP contribution in [0.1, 0.15) is 32.8 Å². The fourth-order valence-electron chi connectivity index (χ4n) is 3.43. The smallest absolute Gasteiger partial charge is 0.494 e. The van der Waals surface area contributed by atoms with E-state index in [0.717, 1.165) is 34.9 Å². The topological polar surface area (TPSA) is 55.4 Å². The molecule has 0 saturated heterocycles. The van der Waals surface area contributed by atoms with Gasteiger partial charge in [0.05, 0.1) is 6.61 Å². The molecule has 2 aromatic carbocycles. The summed E-state index contributed by atoms with van der Waals surface area (Å²) in [6.45, 7) is 8.23. The Balaban J connectivity index is 1.98. The van der Waals surface area contributed by atoms with E-state index in [9.17, 15) is 0 Å². The maximum absolute atomic E-state index is 5.95. The van der Waals surface area contributed by atoms with Crippen LogP contribution < -0.4 is 4.74 Å². The van der Waals surface area contributed by atoms with Gasteiger partial charge in [0.1, 0.15) is 5.75 Å². The summed E-state index contributed by atoms with van der Waals surface area (Å²) in [5.74, 6) is 0.820. The van der Waals surface area contributed by atoms with Crippen molar-refractivity contribution in [1.29, 1.82) is 0 Å². The van der Waals surface area contributed by atoms with Gasteiger partial charge in [-0.05, 0) is 50.5 Å². The van der Waals surface area contributed by atoms with E-state index in [1.807, 2.05) is 69.3 Å². The Bertz CT molecular complexity index is 731. The quantitative estimate of drug-likeness (QED) is 0.273. The summed E-state index contributed by atoms with van der Waals surface area (Å²) in [5.41, 5.74) is 3.00. The van der Waals surface area contributed by atoms with Gasteiger partial charge in [-0.1, -0.05) is 36.4 Å². The highest BCUT2D eigenvalue weighted by molar-refractivity contribution is 6.60. The molecule has 171 valence electrons. The van der Waals surface area contributed by atoms with E-state index in [1.165, 1.54) is 0 Å². The maximum Gasteiger partial charge on any atom is 0.501 e. The molecule has 0 atom stereocenters. The number of methoxy groups -OCH3 is 2. The Morgan fingerprint density at radius 2 is 1.35 bits per heavy atom. The number of benzene rings is 2. The molecule has 1 radical (unpaired) electrons. The van der Waals surface area contributed by atoms with Crippen molar-refractivity contribution in [3.05, 3.63) is 60.4 Å². The minimum atomic E-state index is -2.62. The second kappa shape index (κ2) is 13.6. The standard InChI is InChI=1S/C24H35O6Si/c1-6-28-31(29-7-2,30-8-3)19-11-18-27-21-16-14-20(15-17-21)22-12-9-10-13-23(22)24(25-4)26-5/h9-10,12-17H,6-8,11,18-19H2,1-5H3. The predicted octanol–water partition coefficient (Wildman–Crippen LogP) is 5.30. The van der Waals surface area contributed by atoms with Crippen molar-refractivity contribution >= 4 is 8.80 Å². The van der Waals surface area contributed by atoms with Gasteiger partial charge in [0.15, 0.2) is 0 Å². The van der Waals surface area contributed by atoms with Crippen molar-refractivity contribution < 1.29 is 27.5 Å². The Morgan fingerprint density at radius 1 is 0.774 bits per heavy atom. The summed E-state index contributed by atoms with van der Waals surface area (Å²) in [6.07, 6.45) is 1.29. The molecule has 0 unspecified atom stereocenters. The van der Waals surface area contributed by atoms with Gasteiger partial charge in [0, 0.05) is 45.6 Å². The zero-order valence-electron chi connectivity index (χ0n) is 19.3. The first kappa shape index (κ1) is 25.5. The largest absolute Gasteiger partial charge is 0.501 e. The summed E-state index contributed by atoms with van der Waals surface area (Å²) < 4.78 is 34.3. The summed E-state index contributed by atoms with van der Waals surface area (Å²) >= 11 is 0. The highest BCUT2D eigenvalue weighted by Crippen LogP contribution is 2.31. The van der Waals surface area contributed by atoms with Crippen molar-refractivity contribution in [3.8, 4) is 16.9 Å². The van der Waals surface area contributed by atoms with Gasteiger partial charge in [-0.25, -0.2) is 0 Å². The van der Waals surface area contributed by atoms with E-state index in [4.69, 9.17) is 27.5 Å². The SMILES string of the molecule is CCO[Si](CCCOc1ccc(-c2ccccc2[C](OC)OC)cc1)(OCC)OCC. The predicted molar refractivity (Wildman–Crippen MR) is 124 cm³/mol. The Kier molecular flexibility index (Phi) is 11.2. The second-order valence-electron chi connectivity index (χ2n) is 6.70. The molecule has 0 aliphatic rings. The number of rotatable bonds is 15. The van der Waals surface area contributed by atoms with Crippen LogP contribution >= 0.6 is 0 Å². The molecule has 0 aliphatic carbocycles. The van der Waals surface area contributed by atoms with Crippen molar-refractivity contribution in [2.24, 2.45) is 0 Å². The van der Waals surface area contributed by atoms with E-state index in [-0.39, 0.29) is 0 Å². The zero-order chi connectivity index (χ0) is 22.5. The lowest BCUT2D eigenvalue weighted by molar-refractivity contribution is 0.0272. The van der Waals surface area contributed by atoms with Crippen LogP contribution in [-0.2, 0) is 22.8 Å². The first-order valence-electron chi connectivity index (χ1n) is 10.8. The molecule has 0 N–H and O–H groups in total. The molecule has 0 aliphatic heterocycles. The van der Waals surface area contributed by atoms with E-state index in [2.05, 4.69) is 0 Å². The summed E-state index contributed by atoms with van der Waals surface area (Å²) in [5, 5.41) is 0. The van der Waals surface area contributed by atoms with Crippen molar-refractivity contribution in [2.75, 3.05) is 40.6 Å². The average molecular weight is 448 g/mol. The van der Waals surface area contributed by atoms with E-state index in [0.29, 0.717) is 32.7 Å². The molecule has 0 spiro atoms. The summed E-state index contributed by atoms with van der Waals surface area (Å²) in [4.78, 5) is 0. The van der Waals surface area contributed by atoms with Gasteiger partial charge in [-0.15, -0.1) is 0 Å². The Morgan fingerprint density at radius 3 is 1.90 bits per heavy atom. The third-order valence-electron chi connectivity index (χ3n) is 4.67. The second-order valence-corrected chi connectivity index (χ2v) is 9.43. The Hall–Kier alpha value is -1.74. The van der Waals surface area contributed by atoms with Crippen molar-refractivity contribution in [1.82, 2.24) is 0 Å². The molecule has 31 heavy (non-hydrogen) atoms. The molecule has 2 rings (SSSR count). The van der Waals surface area contributed by atoms with Crippen LogP contribution in [-0.4, -0.2) is 49.5 Å². The summed E-state index contributed by atoms with van der Waals surface area (Å²) in [6, 6.07) is 16.7. The van der Waals surface area contributed by atoms with E-state index in [1.54, 1.807) is 14.2 Å². The third kappa shape index (κ3) is 7.41. The van der Waals surface area contributed by atoms with Crippen LogP contribution in [0.5, 0.6) is 5.75 Å². The van der Waals surface area contributed by atoms with Crippen LogP contribution in [0.15, 0.2) is 48.5 Å². The molecule has 6 nitrogen and oxygen atoms in total. The fourth-order valence-corrected chi connectivity index (χ4v) is 6.01. The maximum atomic E-state index is 5.95. The molecule has 0 heterocycles. The number of ether oxygens (including phenoxy) is 3. The van der Waals surface area contributed by atoms with E-state index < -0.39 is 8.80 Å². The first-order valence-corrected chi connectivity index (χ1v) is 12.8. The fraction of sp³-hybridized carbons (Fsp3) is 0.458. The highest BCUT2D eigenvalue weighted by atomic mass is 28.4. The van der Waals surface area contributed by atoms with Gasteiger partial charge >= 0.3 is 8.80 Å². The Labute approximate surface area is 187 Å². The number of hydrogen-bond acceptors (Lipinski definition) is 6. The van der Waals surface area contributed by atoms with Gasteiger partial charge in [-0.2, -0.15) is 0 Å². The van der Waals surface area contributed by atoms with Crippen LogP contribution in [0.4, 0.5) is 0 Å². The summed E-state index contributed by atoms with van der Waals surface area (Å²) in [7, 11) is 0.591. The first-order chi connectivity index (χ1) is 15.1. The lowest BCUT2D eigenvalue weighted by Crippen LogP contribution is -2.46. The van der Waals surface area contributed by atoms with Crippen LogP contribution in [0.3, 0.4) is 0 Å². The molecule has 2 aromatic rings. The highest BCUT2D eigenvalue weighted by Gasteiger charge is 2.39. The third-order valence-corrected chi connectivity index (χ3v) is 7.82. The minimum Gasteiger partial charge on any atom is -0.494 e. The van der Waals surface area contributed by atoms with E-state index >= 15 is 0 Å². The normalized spacial score (nSPS) is 11.8. The van der Waals surface area contributed by atoms with Crippen LogP contribution in [0, 0.1) is 6.29 Å². The molecular weight excluding hydrogens is 412 g/mol. The molecule has 0 aromatic heterocycles. The van der Waals surface area contributed by atoms with Crippen molar-refractivity contribution in [2.45, 2.75) is 33.2 Å². The number of hydrogen-bond donors (Lipinski definition) is 0. The van der Waals surface area contributed by atoms with Crippen LogP contribution in [0.25, 0.3) is 11.1 Å². The van der Waals surface area contributed by atoms with Gasteiger partial charge in [0.2, 0.25) is 0 Å².